The lowest BCUT2D eigenvalue weighted by Gasteiger charge is -2.08. The molecule has 2 aromatic carbocycles. The van der Waals surface area contributed by atoms with Crippen LogP contribution in [0.2, 0.25) is 0 Å². The number of aromatic hydroxyl groups is 1. The number of fused-ring (bicyclic) bond motifs is 1. The molecule has 0 fully saturated rings. The summed E-state index contributed by atoms with van der Waals surface area (Å²) in [5, 5.41) is 19.2. The van der Waals surface area contributed by atoms with Gasteiger partial charge in [0.2, 0.25) is 5.96 Å². The van der Waals surface area contributed by atoms with Crippen molar-refractivity contribution in [3.63, 3.8) is 0 Å². The van der Waals surface area contributed by atoms with Gasteiger partial charge in [0.25, 0.3) is 0 Å². The summed E-state index contributed by atoms with van der Waals surface area (Å²) in [5.41, 5.74) is 19.0. The van der Waals surface area contributed by atoms with E-state index in [1.807, 2.05) is 31.2 Å². The van der Waals surface area contributed by atoms with Gasteiger partial charge in [-0.1, -0.05) is 12.1 Å². The molecule has 0 unspecified atom stereocenters. The van der Waals surface area contributed by atoms with Crippen LogP contribution in [0.5, 0.6) is 5.75 Å². The van der Waals surface area contributed by atoms with Crippen molar-refractivity contribution < 1.29 is 5.11 Å². The van der Waals surface area contributed by atoms with Gasteiger partial charge < -0.3 is 22.3 Å². The number of nitrogens with zero attached hydrogens (tertiary/aromatic N) is 5. The van der Waals surface area contributed by atoms with Crippen LogP contribution in [0.15, 0.2) is 46.4 Å². The SMILES string of the molecule is Cc1cc(N=C(N)N=C(N)N)c(O)c(-n2nc3ccccc3n2)c1. The maximum absolute atomic E-state index is 10.5. The monoisotopic (exact) mass is 324 g/mol. The molecule has 0 aliphatic rings. The molecule has 1 heterocycles. The largest absolute Gasteiger partial charge is 0.504 e. The number of rotatable bonds is 2. The van der Waals surface area contributed by atoms with Crippen LogP contribution >= 0.6 is 0 Å². The molecule has 3 aromatic rings. The Bertz CT molecular complexity index is 936. The molecule has 0 aliphatic heterocycles. The van der Waals surface area contributed by atoms with E-state index in [0.29, 0.717) is 16.7 Å². The lowest BCUT2D eigenvalue weighted by molar-refractivity contribution is 0.469. The maximum Gasteiger partial charge on any atom is 0.223 e. The molecule has 122 valence electrons. The number of hydrogen-bond acceptors (Lipinski definition) is 4. The number of phenols is 1. The summed E-state index contributed by atoms with van der Waals surface area (Å²) >= 11 is 0. The second-order valence-electron chi connectivity index (χ2n) is 5.14. The first-order valence-electron chi connectivity index (χ1n) is 7.04. The average Bonchev–Trinajstić information content (AvgIpc) is 2.93. The zero-order chi connectivity index (χ0) is 17.3. The van der Waals surface area contributed by atoms with E-state index in [9.17, 15) is 5.11 Å². The molecule has 0 atom stereocenters. The standard InChI is InChI=1S/C15H16N8O/c1-8-6-11(19-15(18)20-14(16)17)13(24)12(7-8)23-21-9-4-2-3-5-10(9)22-23/h2-7,24H,1H3,(H6,16,17,18,19,20). The van der Waals surface area contributed by atoms with Gasteiger partial charge in [0.1, 0.15) is 22.4 Å². The Morgan fingerprint density at radius 3 is 2.29 bits per heavy atom. The molecule has 9 nitrogen and oxygen atoms in total. The third kappa shape index (κ3) is 2.95. The van der Waals surface area contributed by atoms with Crippen LogP contribution < -0.4 is 17.2 Å². The highest BCUT2D eigenvalue weighted by atomic mass is 16.3. The van der Waals surface area contributed by atoms with Crippen molar-refractivity contribution in [2.75, 3.05) is 0 Å². The van der Waals surface area contributed by atoms with Gasteiger partial charge in [0.05, 0.1) is 0 Å². The van der Waals surface area contributed by atoms with Gasteiger partial charge in [-0.05, 0) is 36.8 Å². The van der Waals surface area contributed by atoms with Crippen LogP contribution in [0, 0.1) is 6.92 Å². The molecular weight excluding hydrogens is 308 g/mol. The first kappa shape index (κ1) is 15.3. The Balaban J connectivity index is 2.14. The Hall–Kier alpha value is -3.62. The van der Waals surface area contributed by atoms with E-state index in [-0.39, 0.29) is 23.4 Å². The smallest absolute Gasteiger partial charge is 0.223 e. The number of aliphatic imine (C=N–C) groups is 2. The van der Waals surface area contributed by atoms with Crippen molar-refractivity contribution in [1.82, 2.24) is 15.0 Å². The second kappa shape index (κ2) is 5.88. The lowest BCUT2D eigenvalue weighted by atomic mass is 10.2. The predicted octanol–water partition coefficient (Wildman–Crippen LogP) is 0.654. The number of phenolic OH excluding ortho intramolecular Hbond substituents is 1. The van der Waals surface area contributed by atoms with Crippen LogP contribution in [0.25, 0.3) is 16.7 Å². The van der Waals surface area contributed by atoms with Gasteiger partial charge in [0.15, 0.2) is 11.7 Å². The predicted molar refractivity (Wildman–Crippen MR) is 92.4 cm³/mol. The summed E-state index contributed by atoms with van der Waals surface area (Å²) in [5.74, 6) is -0.515. The van der Waals surface area contributed by atoms with Gasteiger partial charge in [0, 0.05) is 0 Å². The summed E-state index contributed by atoms with van der Waals surface area (Å²) in [4.78, 5) is 9.01. The van der Waals surface area contributed by atoms with Crippen molar-refractivity contribution in [2.45, 2.75) is 6.92 Å². The third-order valence-electron chi connectivity index (χ3n) is 3.19. The molecule has 0 bridgehead atoms. The molecule has 7 N–H and O–H groups in total. The maximum atomic E-state index is 10.5. The Morgan fingerprint density at radius 2 is 1.71 bits per heavy atom. The van der Waals surface area contributed by atoms with Crippen LogP contribution in [0.1, 0.15) is 5.56 Å². The van der Waals surface area contributed by atoms with Crippen molar-refractivity contribution in [3.8, 4) is 11.4 Å². The van der Waals surface area contributed by atoms with Crippen LogP contribution in [0.4, 0.5) is 5.69 Å². The molecule has 24 heavy (non-hydrogen) atoms. The first-order chi connectivity index (χ1) is 11.4. The van der Waals surface area contributed by atoms with Crippen LogP contribution in [-0.4, -0.2) is 32.0 Å². The van der Waals surface area contributed by atoms with Crippen molar-refractivity contribution in [1.29, 1.82) is 0 Å². The molecule has 9 heteroatoms. The first-order valence-corrected chi connectivity index (χ1v) is 7.04. The second-order valence-corrected chi connectivity index (χ2v) is 5.14. The number of aromatic nitrogens is 3. The molecule has 0 aliphatic carbocycles. The van der Waals surface area contributed by atoms with Gasteiger partial charge in [-0.15, -0.1) is 15.0 Å². The zero-order valence-electron chi connectivity index (χ0n) is 12.9. The number of guanidine groups is 2. The van der Waals surface area contributed by atoms with Crippen LogP contribution in [0.3, 0.4) is 0 Å². The van der Waals surface area contributed by atoms with E-state index in [0.717, 1.165) is 5.56 Å². The minimum absolute atomic E-state index is 0.130. The quantitative estimate of drug-likeness (QED) is 0.401. The molecule has 0 saturated carbocycles. The summed E-state index contributed by atoms with van der Waals surface area (Å²) < 4.78 is 0. The highest BCUT2D eigenvalue weighted by molar-refractivity contribution is 5.94. The summed E-state index contributed by atoms with van der Waals surface area (Å²) in [6.07, 6.45) is 0. The highest BCUT2D eigenvalue weighted by Gasteiger charge is 2.13. The van der Waals surface area contributed by atoms with E-state index >= 15 is 0 Å². The summed E-state index contributed by atoms with van der Waals surface area (Å²) in [7, 11) is 0. The topological polar surface area (TPSA) is 154 Å². The molecular formula is C15H16N8O. The van der Waals surface area contributed by atoms with Crippen LogP contribution in [-0.2, 0) is 0 Å². The summed E-state index contributed by atoms with van der Waals surface area (Å²) in [6, 6.07) is 10.8. The molecule has 1 aromatic heterocycles. The van der Waals surface area contributed by atoms with Gasteiger partial charge >= 0.3 is 0 Å². The minimum Gasteiger partial charge on any atom is -0.504 e. The molecule has 0 amide bonds. The van der Waals surface area contributed by atoms with E-state index in [2.05, 4.69) is 20.2 Å². The van der Waals surface area contributed by atoms with Crippen molar-refractivity contribution >= 4 is 28.6 Å². The molecule has 0 saturated heterocycles. The number of hydrogen-bond donors (Lipinski definition) is 4. The Kier molecular flexibility index (Phi) is 3.74. The van der Waals surface area contributed by atoms with E-state index in [1.165, 1.54) is 4.80 Å². The Labute approximate surface area is 137 Å². The highest BCUT2D eigenvalue weighted by Crippen LogP contribution is 2.34. The average molecular weight is 324 g/mol. The fourth-order valence-corrected chi connectivity index (χ4v) is 2.23. The van der Waals surface area contributed by atoms with Crippen molar-refractivity contribution in [3.05, 3.63) is 42.0 Å². The molecule has 0 spiro atoms. The van der Waals surface area contributed by atoms with E-state index in [1.54, 1.807) is 12.1 Å². The number of aryl methyl sites for hydroxylation is 1. The molecule has 0 radical (unpaired) electrons. The van der Waals surface area contributed by atoms with E-state index < -0.39 is 0 Å². The number of nitrogens with two attached hydrogens (primary N) is 3. The van der Waals surface area contributed by atoms with Gasteiger partial charge in [-0.2, -0.15) is 4.99 Å². The van der Waals surface area contributed by atoms with E-state index in [4.69, 9.17) is 17.2 Å². The lowest BCUT2D eigenvalue weighted by Crippen LogP contribution is -2.26. The normalized spacial score (nSPS) is 11.6. The minimum atomic E-state index is -0.219. The Morgan fingerprint density at radius 1 is 1.08 bits per heavy atom. The zero-order valence-corrected chi connectivity index (χ0v) is 12.9. The number of benzene rings is 2. The van der Waals surface area contributed by atoms with Gasteiger partial charge in [-0.3, -0.25) is 0 Å². The fraction of sp³-hybridized carbons (Fsp3) is 0.0667. The van der Waals surface area contributed by atoms with Crippen molar-refractivity contribution in [2.24, 2.45) is 27.2 Å². The summed E-state index contributed by atoms with van der Waals surface area (Å²) in [6.45, 7) is 1.85. The molecule has 3 rings (SSSR count). The third-order valence-corrected chi connectivity index (χ3v) is 3.19. The van der Waals surface area contributed by atoms with Gasteiger partial charge in [-0.25, -0.2) is 4.99 Å². The fourth-order valence-electron chi connectivity index (χ4n) is 2.23.